The highest BCUT2D eigenvalue weighted by Crippen LogP contribution is 2.41. The summed E-state index contributed by atoms with van der Waals surface area (Å²) in [6, 6.07) is 6.40. The van der Waals surface area contributed by atoms with E-state index in [0.717, 1.165) is 27.3 Å². The highest BCUT2D eigenvalue weighted by Gasteiger charge is 2.31. The standard InChI is InChI=1S/C16H21BrN2S/c1-12-5-6-13-14(9-12)19-15(18-13)20-11-16(10-17)7-3-2-4-8-16/h5-6,9H,2-4,7-8,10-11H2,1H3,(H,18,19). The van der Waals surface area contributed by atoms with Crippen LogP contribution in [-0.2, 0) is 0 Å². The number of nitrogens with zero attached hydrogens (tertiary/aromatic N) is 1. The molecule has 0 bridgehead atoms. The molecule has 1 heterocycles. The van der Waals surface area contributed by atoms with Crippen LogP contribution in [0.3, 0.4) is 0 Å². The molecule has 1 aromatic carbocycles. The monoisotopic (exact) mass is 352 g/mol. The van der Waals surface area contributed by atoms with E-state index in [1.165, 1.54) is 37.7 Å². The summed E-state index contributed by atoms with van der Waals surface area (Å²) >= 11 is 5.63. The number of halogens is 1. The highest BCUT2D eigenvalue weighted by molar-refractivity contribution is 9.09. The Morgan fingerprint density at radius 3 is 2.85 bits per heavy atom. The van der Waals surface area contributed by atoms with Gasteiger partial charge in [0.15, 0.2) is 5.16 Å². The molecular weight excluding hydrogens is 332 g/mol. The third kappa shape index (κ3) is 3.06. The minimum Gasteiger partial charge on any atom is -0.333 e. The molecule has 0 amide bonds. The first-order chi connectivity index (χ1) is 9.71. The van der Waals surface area contributed by atoms with Gasteiger partial charge in [0.05, 0.1) is 11.0 Å². The first-order valence-corrected chi connectivity index (χ1v) is 9.47. The van der Waals surface area contributed by atoms with E-state index in [1.54, 1.807) is 0 Å². The predicted molar refractivity (Wildman–Crippen MR) is 90.9 cm³/mol. The van der Waals surface area contributed by atoms with Gasteiger partial charge in [-0.1, -0.05) is 53.0 Å². The minimum atomic E-state index is 0.470. The molecule has 0 spiro atoms. The zero-order chi connectivity index (χ0) is 14.0. The van der Waals surface area contributed by atoms with Gasteiger partial charge in [-0.15, -0.1) is 0 Å². The minimum absolute atomic E-state index is 0.470. The van der Waals surface area contributed by atoms with Crippen LogP contribution >= 0.6 is 27.7 Å². The summed E-state index contributed by atoms with van der Waals surface area (Å²) in [5, 5.41) is 2.18. The lowest BCUT2D eigenvalue weighted by atomic mass is 9.77. The van der Waals surface area contributed by atoms with Crippen molar-refractivity contribution in [3.8, 4) is 0 Å². The van der Waals surface area contributed by atoms with Gasteiger partial charge in [-0.2, -0.15) is 0 Å². The van der Waals surface area contributed by atoms with E-state index in [-0.39, 0.29) is 0 Å². The van der Waals surface area contributed by atoms with Crippen molar-refractivity contribution >= 4 is 38.7 Å². The maximum Gasteiger partial charge on any atom is 0.166 e. The number of nitrogens with one attached hydrogen (secondary N) is 1. The second-order valence-electron chi connectivity index (χ2n) is 6.05. The number of rotatable bonds is 4. The van der Waals surface area contributed by atoms with E-state index in [4.69, 9.17) is 4.98 Å². The van der Waals surface area contributed by atoms with Crippen molar-refractivity contribution in [2.75, 3.05) is 11.1 Å². The molecule has 1 aromatic heterocycles. The molecule has 20 heavy (non-hydrogen) atoms. The van der Waals surface area contributed by atoms with Gasteiger partial charge in [-0.25, -0.2) is 4.98 Å². The van der Waals surface area contributed by atoms with Gasteiger partial charge in [0.25, 0.3) is 0 Å². The van der Waals surface area contributed by atoms with Crippen LogP contribution in [0.1, 0.15) is 37.7 Å². The van der Waals surface area contributed by atoms with Gasteiger partial charge in [0.1, 0.15) is 0 Å². The Balaban J connectivity index is 1.72. The summed E-state index contributed by atoms with van der Waals surface area (Å²) in [5.74, 6) is 1.16. The summed E-state index contributed by atoms with van der Waals surface area (Å²) in [4.78, 5) is 8.15. The molecule has 1 N–H and O–H groups in total. The molecule has 1 aliphatic rings. The SMILES string of the molecule is Cc1ccc2nc(SCC3(CBr)CCCCC3)[nH]c2c1. The fraction of sp³-hybridized carbons (Fsp3) is 0.562. The number of hydrogen-bond donors (Lipinski definition) is 1. The average Bonchev–Trinajstić information content (AvgIpc) is 2.88. The van der Waals surface area contributed by atoms with E-state index in [9.17, 15) is 0 Å². The molecule has 0 atom stereocenters. The molecule has 0 aliphatic heterocycles. The highest BCUT2D eigenvalue weighted by atomic mass is 79.9. The summed E-state index contributed by atoms with van der Waals surface area (Å²) in [6.45, 7) is 2.12. The molecule has 1 aliphatic carbocycles. The van der Waals surface area contributed by atoms with Gasteiger partial charge in [0.2, 0.25) is 0 Å². The van der Waals surface area contributed by atoms with Gasteiger partial charge in [-0.05, 0) is 42.9 Å². The molecule has 108 valence electrons. The average molecular weight is 353 g/mol. The molecule has 3 rings (SSSR count). The third-order valence-corrected chi connectivity index (χ3v) is 6.74. The molecule has 2 nitrogen and oxygen atoms in total. The van der Waals surface area contributed by atoms with E-state index in [2.05, 4.69) is 46.0 Å². The van der Waals surface area contributed by atoms with Crippen LogP contribution in [0, 0.1) is 12.3 Å². The van der Waals surface area contributed by atoms with Crippen molar-refractivity contribution < 1.29 is 0 Å². The van der Waals surface area contributed by atoms with E-state index in [1.807, 2.05) is 11.8 Å². The van der Waals surface area contributed by atoms with Gasteiger partial charge in [0, 0.05) is 11.1 Å². The maximum absolute atomic E-state index is 4.70. The number of imidazole rings is 1. The van der Waals surface area contributed by atoms with Crippen LogP contribution in [0.15, 0.2) is 23.4 Å². The predicted octanol–water partition coefficient (Wildman–Crippen LogP) is 5.31. The van der Waals surface area contributed by atoms with Crippen molar-refractivity contribution in [3.63, 3.8) is 0 Å². The van der Waals surface area contributed by atoms with Crippen molar-refractivity contribution in [1.29, 1.82) is 0 Å². The fourth-order valence-electron chi connectivity index (χ4n) is 3.01. The van der Waals surface area contributed by atoms with Gasteiger partial charge >= 0.3 is 0 Å². The number of fused-ring (bicyclic) bond motifs is 1. The molecule has 0 radical (unpaired) electrons. The number of alkyl halides is 1. The molecule has 1 fully saturated rings. The second kappa shape index (κ2) is 6.10. The van der Waals surface area contributed by atoms with Crippen LogP contribution in [0.25, 0.3) is 11.0 Å². The lowest BCUT2D eigenvalue weighted by Crippen LogP contribution is -2.28. The number of H-pyrrole nitrogens is 1. The molecular formula is C16H21BrN2S. The maximum atomic E-state index is 4.70. The summed E-state index contributed by atoms with van der Waals surface area (Å²) in [5.41, 5.74) is 3.98. The van der Waals surface area contributed by atoms with Gasteiger partial charge < -0.3 is 4.98 Å². The normalized spacial score (nSPS) is 18.5. The topological polar surface area (TPSA) is 28.7 Å². The van der Waals surface area contributed by atoms with Crippen molar-refractivity contribution in [2.45, 2.75) is 44.2 Å². The Labute approximate surface area is 133 Å². The van der Waals surface area contributed by atoms with E-state index in [0.29, 0.717) is 5.41 Å². The molecule has 0 saturated heterocycles. The third-order valence-electron chi connectivity index (χ3n) is 4.33. The summed E-state index contributed by atoms with van der Waals surface area (Å²) in [6.07, 6.45) is 6.87. The van der Waals surface area contributed by atoms with Crippen LogP contribution in [0.2, 0.25) is 0 Å². The van der Waals surface area contributed by atoms with E-state index < -0.39 is 0 Å². The number of benzene rings is 1. The Kier molecular flexibility index (Phi) is 4.41. The summed E-state index contributed by atoms with van der Waals surface area (Å²) in [7, 11) is 0. The smallest absolute Gasteiger partial charge is 0.166 e. The van der Waals surface area contributed by atoms with Crippen LogP contribution in [0.5, 0.6) is 0 Å². The first-order valence-electron chi connectivity index (χ1n) is 7.36. The lowest BCUT2D eigenvalue weighted by Gasteiger charge is -2.35. The second-order valence-corrected chi connectivity index (χ2v) is 7.57. The molecule has 0 unspecified atom stereocenters. The molecule has 2 aromatic rings. The Hall–Kier alpha value is -0.480. The zero-order valence-corrected chi connectivity index (χ0v) is 14.3. The van der Waals surface area contributed by atoms with Crippen molar-refractivity contribution in [3.05, 3.63) is 23.8 Å². The number of aromatic amines is 1. The van der Waals surface area contributed by atoms with E-state index >= 15 is 0 Å². The molecule has 4 heteroatoms. The Morgan fingerprint density at radius 2 is 2.10 bits per heavy atom. The number of aromatic nitrogens is 2. The largest absolute Gasteiger partial charge is 0.333 e. The van der Waals surface area contributed by atoms with Gasteiger partial charge in [-0.3, -0.25) is 0 Å². The molecule has 1 saturated carbocycles. The fourth-order valence-corrected chi connectivity index (χ4v) is 5.21. The van der Waals surface area contributed by atoms with Crippen molar-refractivity contribution in [1.82, 2.24) is 9.97 Å². The van der Waals surface area contributed by atoms with Crippen molar-refractivity contribution in [2.24, 2.45) is 5.41 Å². The quantitative estimate of drug-likeness (QED) is 0.596. The lowest BCUT2D eigenvalue weighted by molar-refractivity contribution is 0.260. The first kappa shape index (κ1) is 14.5. The number of aryl methyl sites for hydroxylation is 1. The van der Waals surface area contributed by atoms with Crippen LogP contribution in [-0.4, -0.2) is 21.1 Å². The van der Waals surface area contributed by atoms with Crippen LogP contribution in [0.4, 0.5) is 0 Å². The zero-order valence-electron chi connectivity index (χ0n) is 11.9. The number of hydrogen-bond acceptors (Lipinski definition) is 2. The summed E-state index contributed by atoms with van der Waals surface area (Å²) < 4.78 is 0. The number of thioether (sulfide) groups is 1. The Morgan fingerprint density at radius 1 is 1.30 bits per heavy atom. The Bertz CT molecular complexity index is 587. The van der Waals surface area contributed by atoms with Crippen LogP contribution < -0.4 is 0 Å².